The van der Waals surface area contributed by atoms with Crippen molar-refractivity contribution < 1.29 is 23.8 Å². The van der Waals surface area contributed by atoms with E-state index < -0.39 is 0 Å². The van der Waals surface area contributed by atoms with E-state index in [0.29, 0.717) is 33.0 Å². The normalized spacial score (nSPS) is 14.1. The molecule has 0 aromatic heterocycles. The van der Waals surface area contributed by atoms with Crippen LogP contribution in [0.15, 0.2) is 64.0 Å². The highest BCUT2D eigenvalue weighted by Gasteiger charge is 2.32. The minimum absolute atomic E-state index is 0.158. The predicted octanol–water partition coefficient (Wildman–Crippen LogP) is 6.50. The molecule has 1 aliphatic heterocycles. The lowest BCUT2D eigenvalue weighted by molar-refractivity contribution is -0.122. The number of halogens is 1. The average molecular weight is 628 g/mol. The van der Waals surface area contributed by atoms with Gasteiger partial charge in [0.25, 0.3) is 11.8 Å². The lowest BCUT2D eigenvalue weighted by Gasteiger charge is -2.14. The molecule has 202 valence electrons. The number of hydrogen-bond acceptors (Lipinski definition) is 7. The number of nitrogens with zero attached hydrogens (tertiary/aromatic N) is 1. The molecule has 1 N–H and O–H groups in total. The Kier molecular flexibility index (Phi) is 9.32. The highest BCUT2D eigenvalue weighted by molar-refractivity contribution is 9.10. The van der Waals surface area contributed by atoms with E-state index in [4.69, 9.17) is 26.4 Å². The van der Waals surface area contributed by atoms with Crippen molar-refractivity contribution in [2.24, 2.45) is 0 Å². The summed E-state index contributed by atoms with van der Waals surface area (Å²) in [6.07, 6.45) is 1.77. The molecule has 1 saturated heterocycles. The monoisotopic (exact) mass is 626 g/mol. The van der Waals surface area contributed by atoms with Crippen molar-refractivity contribution in [3.8, 4) is 17.2 Å². The first kappa shape index (κ1) is 28.7. The Labute approximate surface area is 245 Å². The Balaban J connectivity index is 1.41. The number of hydrogen-bond donors (Lipinski definition) is 1. The van der Waals surface area contributed by atoms with Crippen molar-refractivity contribution in [1.29, 1.82) is 0 Å². The van der Waals surface area contributed by atoms with Crippen LogP contribution in [-0.4, -0.2) is 41.9 Å². The molecule has 0 aliphatic carbocycles. The summed E-state index contributed by atoms with van der Waals surface area (Å²) in [6, 6.07) is 16.6. The number of methoxy groups -OCH3 is 2. The highest BCUT2D eigenvalue weighted by Crippen LogP contribution is 2.36. The standard InChI is InChI=1S/C29H27BrN2O5S2/c1-17-11-22(30)23(12-18(17)2)31-27(33)16-37-24-10-7-20(13-25(24)36-4)14-26-28(34)32(29(38)39-26)15-19-5-8-21(35-3)9-6-19/h5-14H,15-16H2,1-4H3,(H,31,33)/b26-14+. The van der Waals surface area contributed by atoms with E-state index in [0.717, 1.165) is 32.5 Å². The summed E-state index contributed by atoms with van der Waals surface area (Å²) in [6.45, 7) is 4.18. The molecule has 0 unspecified atom stereocenters. The highest BCUT2D eigenvalue weighted by atomic mass is 79.9. The molecule has 0 radical (unpaired) electrons. The van der Waals surface area contributed by atoms with E-state index in [1.165, 1.54) is 18.9 Å². The molecule has 2 amide bonds. The summed E-state index contributed by atoms with van der Waals surface area (Å²) in [4.78, 5) is 27.7. The maximum atomic E-state index is 13.1. The topological polar surface area (TPSA) is 77.1 Å². The van der Waals surface area contributed by atoms with Crippen molar-refractivity contribution in [2.75, 3.05) is 26.1 Å². The fraction of sp³-hybridized carbons (Fsp3) is 0.207. The maximum Gasteiger partial charge on any atom is 0.266 e. The summed E-state index contributed by atoms with van der Waals surface area (Å²) in [7, 11) is 3.13. The third-order valence-electron chi connectivity index (χ3n) is 6.08. The van der Waals surface area contributed by atoms with Crippen LogP contribution in [0.2, 0.25) is 0 Å². The van der Waals surface area contributed by atoms with Gasteiger partial charge in [-0.2, -0.15) is 0 Å². The number of thioether (sulfide) groups is 1. The lowest BCUT2D eigenvalue weighted by atomic mass is 10.1. The molecule has 1 fully saturated rings. The van der Waals surface area contributed by atoms with E-state index in [9.17, 15) is 9.59 Å². The molecule has 1 aliphatic rings. The number of nitrogens with one attached hydrogen (secondary N) is 1. The van der Waals surface area contributed by atoms with Gasteiger partial charge >= 0.3 is 0 Å². The Morgan fingerprint density at radius 3 is 2.44 bits per heavy atom. The molecular formula is C29H27BrN2O5S2. The number of rotatable bonds is 9. The molecule has 3 aromatic carbocycles. The van der Waals surface area contributed by atoms with Gasteiger partial charge in [0.05, 0.1) is 31.4 Å². The van der Waals surface area contributed by atoms with Gasteiger partial charge in [-0.15, -0.1) is 0 Å². The number of thiocarbonyl (C=S) groups is 1. The van der Waals surface area contributed by atoms with E-state index >= 15 is 0 Å². The van der Waals surface area contributed by atoms with Gasteiger partial charge in [0.1, 0.15) is 10.1 Å². The SMILES string of the molecule is COc1ccc(CN2C(=O)/C(=C\c3ccc(OCC(=O)Nc4cc(C)c(C)cc4Br)c(OC)c3)SC2=S)cc1. The second-order valence-corrected chi connectivity index (χ2v) is 11.3. The smallest absolute Gasteiger partial charge is 0.266 e. The molecule has 7 nitrogen and oxygen atoms in total. The Hall–Kier alpha value is -3.34. The van der Waals surface area contributed by atoms with Crippen LogP contribution in [0.3, 0.4) is 0 Å². The van der Waals surface area contributed by atoms with Crippen LogP contribution >= 0.6 is 39.9 Å². The minimum Gasteiger partial charge on any atom is -0.497 e. The molecule has 0 spiro atoms. The van der Waals surface area contributed by atoms with Crippen LogP contribution < -0.4 is 19.5 Å². The molecule has 10 heteroatoms. The second-order valence-electron chi connectivity index (χ2n) is 8.78. The molecule has 3 aromatic rings. The van der Waals surface area contributed by atoms with E-state index in [1.54, 1.807) is 36.3 Å². The Morgan fingerprint density at radius 2 is 1.74 bits per heavy atom. The number of anilines is 1. The Bertz CT molecular complexity index is 1460. The van der Waals surface area contributed by atoms with Crippen molar-refractivity contribution in [1.82, 2.24) is 4.90 Å². The van der Waals surface area contributed by atoms with Crippen LogP contribution in [0.5, 0.6) is 17.2 Å². The first-order valence-electron chi connectivity index (χ1n) is 11.9. The fourth-order valence-electron chi connectivity index (χ4n) is 3.80. The quantitative estimate of drug-likeness (QED) is 0.214. The van der Waals surface area contributed by atoms with Crippen LogP contribution in [-0.2, 0) is 16.1 Å². The number of ether oxygens (including phenoxy) is 3. The van der Waals surface area contributed by atoms with E-state index in [1.807, 2.05) is 50.2 Å². The van der Waals surface area contributed by atoms with Crippen LogP contribution in [0, 0.1) is 13.8 Å². The van der Waals surface area contributed by atoms with Crippen molar-refractivity contribution in [3.63, 3.8) is 0 Å². The van der Waals surface area contributed by atoms with Gasteiger partial charge in [0.15, 0.2) is 18.1 Å². The second kappa shape index (κ2) is 12.7. The maximum absolute atomic E-state index is 13.1. The van der Waals surface area contributed by atoms with Gasteiger partial charge in [-0.3, -0.25) is 14.5 Å². The zero-order valence-electron chi connectivity index (χ0n) is 21.9. The van der Waals surface area contributed by atoms with E-state index in [-0.39, 0.29) is 18.4 Å². The van der Waals surface area contributed by atoms with Gasteiger partial charge < -0.3 is 19.5 Å². The molecule has 1 heterocycles. The lowest BCUT2D eigenvalue weighted by Crippen LogP contribution is -2.27. The summed E-state index contributed by atoms with van der Waals surface area (Å²) in [5.41, 5.74) is 4.57. The fourth-order valence-corrected chi connectivity index (χ4v) is 5.61. The van der Waals surface area contributed by atoms with Crippen molar-refractivity contribution in [3.05, 3.63) is 86.2 Å². The summed E-state index contributed by atoms with van der Waals surface area (Å²) in [5.74, 6) is 1.15. The summed E-state index contributed by atoms with van der Waals surface area (Å²) >= 11 is 10.2. The van der Waals surface area contributed by atoms with Gasteiger partial charge in [-0.25, -0.2) is 0 Å². The average Bonchev–Trinajstić information content (AvgIpc) is 3.18. The molecule has 4 rings (SSSR count). The van der Waals surface area contributed by atoms with Crippen LogP contribution in [0.1, 0.15) is 22.3 Å². The van der Waals surface area contributed by atoms with Crippen molar-refractivity contribution in [2.45, 2.75) is 20.4 Å². The zero-order valence-corrected chi connectivity index (χ0v) is 25.1. The molecule has 39 heavy (non-hydrogen) atoms. The van der Waals surface area contributed by atoms with Gasteiger partial charge in [0, 0.05) is 4.47 Å². The van der Waals surface area contributed by atoms with Crippen molar-refractivity contribution >= 4 is 67.8 Å². The molecule has 0 saturated carbocycles. The van der Waals surface area contributed by atoms with Crippen LogP contribution in [0.25, 0.3) is 6.08 Å². The number of carbonyl (C=O) groups is 2. The predicted molar refractivity (Wildman–Crippen MR) is 162 cm³/mol. The number of benzene rings is 3. The number of aryl methyl sites for hydroxylation is 2. The van der Waals surface area contributed by atoms with Crippen LogP contribution in [0.4, 0.5) is 5.69 Å². The van der Waals surface area contributed by atoms with Gasteiger partial charge in [-0.05, 0) is 94.5 Å². The van der Waals surface area contributed by atoms with Gasteiger partial charge in [0.2, 0.25) is 0 Å². The minimum atomic E-state index is -0.300. The first-order valence-corrected chi connectivity index (χ1v) is 14.0. The zero-order chi connectivity index (χ0) is 28.1. The summed E-state index contributed by atoms with van der Waals surface area (Å²) in [5, 5.41) is 2.86. The third kappa shape index (κ3) is 7.00. The number of amides is 2. The largest absolute Gasteiger partial charge is 0.497 e. The third-order valence-corrected chi connectivity index (χ3v) is 8.11. The van der Waals surface area contributed by atoms with Gasteiger partial charge in [-0.1, -0.05) is 42.2 Å². The van der Waals surface area contributed by atoms with E-state index in [2.05, 4.69) is 21.2 Å². The molecule has 0 bridgehead atoms. The Morgan fingerprint density at radius 1 is 1.03 bits per heavy atom. The molecule has 0 atom stereocenters. The molecular weight excluding hydrogens is 600 g/mol. The number of carbonyl (C=O) groups excluding carboxylic acids is 2. The summed E-state index contributed by atoms with van der Waals surface area (Å²) < 4.78 is 17.7. The first-order chi connectivity index (χ1) is 18.7.